The van der Waals surface area contributed by atoms with E-state index < -0.39 is 17.3 Å². The molecule has 0 unspecified atom stereocenters. The van der Waals surface area contributed by atoms with Crippen LogP contribution in [-0.4, -0.2) is 6.29 Å². The Balaban J connectivity index is 3.07. The van der Waals surface area contributed by atoms with Crippen LogP contribution in [0.1, 0.15) is 18.1 Å². The van der Waals surface area contributed by atoms with E-state index in [4.69, 9.17) is 0 Å². The maximum absolute atomic E-state index is 13.1. The van der Waals surface area contributed by atoms with Crippen molar-refractivity contribution in [3.63, 3.8) is 0 Å². The van der Waals surface area contributed by atoms with Gasteiger partial charge in [-0.05, 0) is 17.7 Å². The van der Waals surface area contributed by atoms with Crippen molar-refractivity contribution in [1.82, 2.24) is 0 Å². The molecule has 1 aromatic carbocycles. The summed E-state index contributed by atoms with van der Waals surface area (Å²) < 4.78 is 38.5. The number of carbonyl (C=O) groups is 1. The van der Waals surface area contributed by atoms with E-state index in [0.717, 1.165) is 12.1 Å². The van der Waals surface area contributed by atoms with Crippen LogP contribution in [0.25, 0.3) is 0 Å². The Kier molecular flexibility index (Phi) is 2.93. The number of benzene rings is 1. The van der Waals surface area contributed by atoms with Gasteiger partial charge in [0.15, 0.2) is 0 Å². The molecule has 0 aromatic heterocycles. The van der Waals surface area contributed by atoms with E-state index in [9.17, 15) is 18.0 Å². The molecule has 0 spiro atoms. The smallest absolute Gasteiger partial charge is 0.273 e. The van der Waals surface area contributed by atoms with Crippen LogP contribution in [0.2, 0.25) is 0 Å². The van der Waals surface area contributed by atoms with Gasteiger partial charge in [0.2, 0.25) is 0 Å². The molecule has 0 fully saturated rings. The molecular weight excluding hydrogens is 193 g/mol. The molecular formula is C10H9F3O. The zero-order valence-corrected chi connectivity index (χ0v) is 7.56. The predicted molar refractivity (Wildman–Crippen MR) is 45.7 cm³/mol. The first-order chi connectivity index (χ1) is 6.45. The van der Waals surface area contributed by atoms with Gasteiger partial charge in [0, 0.05) is 13.3 Å². The van der Waals surface area contributed by atoms with Crippen molar-refractivity contribution < 1.29 is 18.0 Å². The minimum atomic E-state index is -3.19. The van der Waals surface area contributed by atoms with Gasteiger partial charge in [-0.15, -0.1) is 0 Å². The average molecular weight is 202 g/mol. The summed E-state index contributed by atoms with van der Waals surface area (Å²) >= 11 is 0. The van der Waals surface area contributed by atoms with Crippen molar-refractivity contribution in [2.24, 2.45) is 0 Å². The van der Waals surface area contributed by atoms with Crippen LogP contribution in [0.5, 0.6) is 0 Å². The highest BCUT2D eigenvalue weighted by atomic mass is 19.3. The van der Waals surface area contributed by atoms with Crippen molar-refractivity contribution in [2.45, 2.75) is 19.3 Å². The molecule has 1 nitrogen and oxygen atoms in total. The minimum Gasteiger partial charge on any atom is -0.303 e. The average Bonchev–Trinajstić information content (AvgIpc) is 2.02. The van der Waals surface area contributed by atoms with Gasteiger partial charge in [0.25, 0.3) is 5.92 Å². The minimum absolute atomic E-state index is 0.0342. The zero-order valence-electron chi connectivity index (χ0n) is 7.56. The Labute approximate surface area is 79.5 Å². The first-order valence-corrected chi connectivity index (χ1v) is 4.05. The van der Waals surface area contributed by atoms with Gasteiger partial charge in [-0.3, -0.25) is 0 Å². The van der Waals surface area contributed by atoms with Crippen molar-refractivity contribution in [2.75, 3.05) is 0 Å². The summed E-state index contributed by atoms with van der Waals surface area (Å²) in [4.78, 5) is 10.1. The molecule has 0 saturated heterocycles. The maximum atomic E-state index is 13.1. The number of halogens is 3. The molecule has 14 heavy (non-hydrogen) atoms. The van der Waals surface area contributed by atoms with Gasteiger partial charge in [0.1, 0.15) is 12.1 Å². The van der Waals surface area contributed by atoms with E-state index >= 15 is 0 Å². The summed E-state index contributed by atoms with van der Waals surface area (Å²) in [7, 11) is 0. The van der Waals surface area contributed by atoms with E-state index in [0.29, 0.717) is 18.8 Å². The number of rotatable bonds is 3. The highest BCUT2D eigenvalue weighted by Gasteiger charge is 2.27. The number of aldehydes is 1. The SMILES string of the molecule is CC(F)(F)c1ccc(CC=O)cc1F. The molecule has 0 amide bonds. The lowest BCUT2D eigenvalue weighted by molar-refractivity contribution is -0.107. The van der Waals surface area contributed by atoms with Gasteiger partial charge in [-0.2, -0.15) is 0 Å². The largest absolute Gasteiger partial charge is 0.303 e. The van der Waals surface area contributed by atoms with Crippen molar-refractivity contribution >= 4 is 6.29 Å². The second kappa shape index (κ2) is 3.82. The molecule has 0 saturated carbocycles. The Hall–Kier alpha value is -1.32. The Morgan fingerprint density at radius 3 is 2.50 bits per heavy atom. The van der Waals surface area contributed by atoms with Crippen LogP contribution in [-0.2, 0) is 17.1 Å². The van der Waals surface area contributed by atoms with E-state index in [1.165, 1.54) is 6.07 Å². The van der Waals surface area contributed by atoms with Crippen LogP contribution in [0.3, 0.4) is 0 Å². The second-order valence-corrected chi connectivity index (χ2v) is 3.07. The molecule has 4 heteroatoms. The lowest BCUT2D eigenvalue weighted by Crippen LogP contribution is -2.10. The van der Waals surface area contributed by atoms with E-state index in [2.05, 4.69) is 0 Å². The summed E-state index contributed by atoms with van der Waals surface area (Å²) in [6, 6.07) is 3.29. The fourth-order valence-corrected chi connectivity index (χ4v) is 1.14. The van der Waals surface area contributed by atoms with Gasteiger partial charge in [0.05, 0.1) is 5.56 Å². The van der Waals surface area contributed by atoms with Crippen LogP contribution in [0.4, 0.5) is 13.2 Å². The molecule has 76 valence electrons. The first kappa shape index (κ1) is 10.8. The standard InChI is InChI=1S/C10H9F3O/c1-10(12,13)8-3-2-7(4-5-14)6-9(8)11/h2-3,5-6H,4H2,1H3. The van der Waals surface area contributed by atoms with Gasteiger partial charge in [-0.1, -0.05) is 6.07 Å². The lowest BCUT2D eigenvalue weighted by Gasteiger charge is -2.11. The summed E-state index contributed by atoms with van der Waals surface area (Å²) in [5.41, 5.74) is -0.252. The molecule has 1 rings (SSSR count). The highest BCUT2D eigenvalue weighted by Crippen LogP contribution is 2.29. The Morgan fingerprint density at radius 2 is 2.07 bits per heavy atom. The van der Waals surface area contributed by atoms with Gasteiger partial charge in [-0.25, -0.2) is 13.2 Å². The molecule has 0 bridgehead atoms. The maximum Gasteiger partial charge on any atom is 0.273 e. The number of alkyl halides is 2. The monoisotopic (exact) mass is 202 g/mol. The van der Waals surface area contributed by atoms with E-state index in [-0.39, 0.29) is 6.42 Å². The van der Waals surface area contributed by atoms with Crippen molar-refractivity contribution in [3.05, 3.63) is 35.1 Å². The van der Waals surface area contributed by atoms with E-state index in [1.54, 1.807) is 0 Å². The fourth-order valence-electron chi connectivity index (χ4n) is 1.14. The Bertz CT molecular complexity index is 342. The molecule has 0 atom stereocenters. The molecule has 0 aliphatic carbocycles. The summed E-state index contributed by atoms with van der Waals surface area (Å²) in [6.07, 6.45) is 0.630. The van der Waals surface area contributed by atoms with Crippen molar-refractivity contribution in [1.29, 1.82) is 0 Å². The molecule has 0 N–H and O–H groups in total. The van der Waals surface area contributed by atoms with Crippen LogP contribution >= 0.6 is 0 Å². The number of carbonyl (C=O) groups excluding carboxylic acids is 1. The van der Waals surface area contributed by atoms with Gasteiger partial charge >= 0.3 is 0 Å². The highest BCUT2D eigenvalue weighted by molar-refractivity contribution is 5.55. The third-order valence-corrected chi connectivity index (χ3v) is 1.83. The van der Waals surface area contributed by atoms with Crippen molar-refractivity contribution in [3.8, 4) is 0 Å². The molecule has 0 aliphatic rings. The van der Waals surface area contributed by atoms with Crippen LogP contribution in [0.15, 0.2) is 18.2 Å². The molecule has 1 aromatic rings. The third-order valence-electron chi connectivity index (χ3n) is 1.83. The van der Waals surface area contributed by atoms with Crippen LogP contribution < -0.4 is 0 Å². The lowest BCUT2D eigenvalue weighted by atomic mass is 10.1. The molecule has 0 heterocycles. The second-order valence-electron chi connectivity index (χ2n) is 3.07. The summed E-state index contributed by atoms with van der Waals surface area (Å²) in [5, 5.41) is 0. The summed E-state index contributed by atoms with van der Waals surface area (Å²) in [6.45, 7) is 0.630. The fraction of sp³-hybridized carbons (Fsp3) is 0.300. The zero-order chi connectivity index (χ0) is 10.8. The Morgan fingerprint density at radius 1 is 1.43 bits per heavy atom. The summed E-state index contributed by atoms with van der Waals surface area (Å²) in [5.74, 6) is -4.17. The third kappa shape index (κ3) is 2.34. The number of hydrogen-bond donors (Lipinski definition) is 0. The number of hydrogen-bond acceptors (Lipinski definition) is 1. The topological polar surface area (TPSA) is 17.1 Å². The van der Waals surface area contributed by atoms with E-state index in [1.807, 2.05) is 0 Å². The normalized spacial score (nSPS) is 11.4. The molecule has 0 radical (unpaired) electrons. The quantitative estimate of drug-likeness (QED) is 0.688. The predicted octanol–water partition coefficient (Wildman–Crippen LogP) is 2.68. The van der Waals surface area contributed by atoms with Crippen LogP contribution in [0, 0.1) is 5.82 Å². The van der Waals surface area contributed by atoms with Gasteiger partial charge < -0.3 is 4.79 Å². The first-order valence-electron chi connectivity index (χ1n) is 4.05. The molecule has 0 aliphatic heterocycles.